The highest BCUT2D eigenvalue weighted by Gasteiger charge is 2.21. The molecule has 0 aliphatic carbocycles. The molecule has 1 amide bonds. The van der Waals surface area contributed by atoms with Crippen LogP contribution in [-0.4, -0.2) is 54.7 Å². The molecule has 2 aromatic rings. The number of nitrogens with zero attached hydrogens (tertiary/aromatic N) is 2. The first-order chi connectivity index (χ1) is 11.7. The summed E-state index contributed by atoms with van der Waals surface area (Å²) < 4.78 is 5.22. The minimum absolute atomic E-state index is 0.221. The normalized spacial score (nSPS) is 15.5. The van der Waals surface area contributed by atoms with E-state index in [2.05, 4.69) is 22.4 Å². The average molecular weight is 363 g/mol. The van der Waals surface area contributed by atoms with Crippen molar-refractivity contribution in [1.29, 1.82) is 0 Å². The minimum Gasteiger partial charge on any atom is -0.497 e. The van der Waals surface area contributed by atoms with E-state index in [0.717, 1.165) is 43.4 Å². The molecule has 0 spiro atoms. The molecule has 1 aromatic carbocycles. The van der Waals surface area contributed by atoms with Crippen molar-refractivity contribution in [2.75, 3.05) is 39.0 Å². The van der Waals surface area contributed by atoms with Gasteiger partial charge in [0.2, 0.25) is 5.91 Å². The van der Waals surface area contributed by atoms with Crippen molar-refractivity contribution >= 4 is 29.0 Å². The molecule has 1 aromatic heterocycles. The van der Waals surface area contributed by atoms with Crippen LogP contribution >= 0.6 is 23.1 Å². The van der Waals surface area contributed by atoms with E-state index >= 15 is 0 Å². The van der Waals surface area contributed by atoms with Gasteiger partial charge in [-0.25, -0.2) is 0 Å². The van der Waals surface area contributed by atoms with Gasteiger partial charge in [0.25, 0.3) is 0 Å². The molecule has 24 heavy (non-hydrogen) atoms. The summed E-state index contributed by atoms with van der Waals surface area (Å²) >= 11 is 3.37. The van der Waals surface area contributed by atoms with Gasteiger partial charge in [0.05, 0.1) is 12.9 Å². The Hall–Kier alpha value is -1.50. The maximum atomic E-state index is 12.4. The molecule has 1 fully saturated rings. The third-order valence-electron chi connectivity index (χ3n) is 4.09. The van der Waals surface area contributed by atoms with E-state index in [1.165, 1.54) is 4.88 Å². The lowest BCUT2D eigenvalue weighted by atomic mass is 10.3. The summed E-state index contributed by atoms with van der Waals surface area (Å²) in [4.78, 5) is 19.3. The summed E-state index contributed by atoms with van der Waals surface area (Å²) in [5.74, 6) is 1.53. The number of thioether (sulfide) groups is 1. The zero-order valence-corrected chi connectivity index (χ0v) is 15.4. The monoisotopic (exact) mass is 362 g/mol. The lowest BCUT2D eigenvalue weighted by Gasteiger charge is -2.34. The summed E-state index contributed by atoms with van der Waals surface area (Å²) in [6.45, 7) is 4.55. The Morgan fingerprint density at radius 1 is 1.21 bits per heavy atom. The first kappa shape index (κ1) is 17.3. The predicted octanol–water partition coefficient (Wildman–Crippen LogP) is 3.19. The maximum Gasteiger partial charge on any atom is 0.233 e. The predicted molar refractivity (Wildman–Crippen MR) is 99.9 cm³/mol. The zero-order valence-electron chi connectivity index (χ0n) is 13.8. The highest BCUT2D eigenvalue weighted by molar-refractivity contribution is 8.00. The number of thiophene rings is 1. The Labute approximate surface area is 151 Å². The molecule has 0 radical (unpaired) electrons. The van der Waals surface area contributed by atoms with Crippen molar-refractivity contribution in [2.24, 2.45) is 0 Å². The molecular formula is C18H22N2O2S2. The minimum atomic E-state index is 0.221. The molecule has 4 nitrogen and oxygen atoms in total. The van der Waals surface area contributed by atoms with E-state index in [9.17, 15) is 4.79 Å². The number of piperazine rings is 1. The third-order valence-corrected chi connectivity index (χ3v) is 5.93. The number of rotatable bonds is 6. The highest BCUT2D eigenvalue weighted by atomic mass is 32.2. The van der Waals surface area contributed by atoms with Gasteiger partial charge in [-0.1, -0.05) is 12.1 Å². The topological polar surface area (TPSA) is 32.8 Å². The fraction of sp³-hybridized carbons (Fsp3) is 0.389. The number of benzene rings is 1. The molecule has 0 bridgehead atoms. The van der Waals surface area contributed by atoms with E-state index in [1.54, 1.807) is 30.2 Å². The van der Waals surface area contributed by atoms with Crippen LogP contribution in [0, 0.1) is 0 Å². The number of methoxy groups -OCH3 is 1. The molecule has 3 rings (SSSR count). The number of hydrogen-bond acceptors (Lipinski definition) is 5. The second-order valence-electron chi connectivity index (χ2n) is 5.70. The Bertz CT molecular complexity index is 653. The van der Waals surface area contributed by atoms with Crippen molar-refractivity contribution < 1.29 is 9.53 Å². The van der Waals surface area contributed by atoms with E-state index in [4.69, 9.17) is 4.74 Å². The van der Waals surface area contributed by atoms with Crippen LogP contribution in [-0.2, 0) is 11.3 Å². The molecular weight excluding hydrogens is 340 g/mol. The Morgan fingerprint density at radius 2 is 2.04 bits per heavy atom. The summed E-state index contributed by atoms with van der Waals surface area (Å²) in [5, 5.41) is 2.12. The molecule has 128 valence electrons. The van der Waals surface area contributed by atoms with Crippen LogP contribution in [0.3, 0.4) is 0 Å². The van der Waals surface area contributed by atoms with E-state index in [0.29, 0.717) is 5.75 Å². The number of amides is 1. The van der Waals surface area contributed by atoms with Gasteiger partial charge in [0.1, 0.15) is 5.75 Å². The quantitative estimate of drug-likeness (QED) is 0.739. The fourth-order valence-corrected chi connectivity index (χ4v) is 4.30. The third kappa shape index (κ3) is 4.75. The second-order valence-corrected chi connectivity index (χ2v) is 7.78. The van der Waals surface area contributed by atoms with Crippen LogP contribution in [0.2, 0.25) is 0 Å². The highest BCUT2D eigenvalue weighted by Crippen LogP contribution is 2.23. The van der Waals surface area contributed by atoms with Gasteiger partial charge in [-0.3, -0.25) is 9.69 Å². The van der Waals surface area contributed by atoms with Crippen LogP contribution in [0.1, 0.15) is 4.88 Å². The number of carbonyl (C=O) groups is 1. The van der Waals surface area contributed by atoms with Gasteiger partial charge in [0.15, 0.2) is 0 Å². The van der Waals surface area contributed by atoms with E-state index < -0.39 is 0 Å². The largest absolute Gasteiger partial charge is 0.497 e. The summed E-state index contributed by atoms with van der Waals surface area (Å²) in [5.41, 5.74) is 0. The Morgan fingerprint density at radius 3 is 2.75 bits per heavy atom. The van der Waals surface area contributed by atoms with Crippen molar-refractivity contribution in [3.8, 4) is 5.75 Å². The summed E-state index contributed by atoms with van der Waals surface area (Å²) in [7, 11) is 1.66. The molecule has 0 N–H and O–H groups in total. The smallest absolute Gasteiger partial charge is 0.233 e. The average Bonchev–Trinajstić information content (AvgIpc) is 3.13. The van der Waals surface area contributed by atoms with Crippen LogP contribution in [0.25, 0.3) is 0 Å². The lowest BCUT2D eigenvalue weighted by molar-refractivity contribution is -0.130. The molecule has 6 heteroatoms. The van der Waals surface area contributed by atoms with Gasteiger partial charge < -0.3 is 9.64 Å². The van der Waals surface area contributed by atoms with Gasteiger partial charge in [-0.05, 0) is 29.6 Å². The molecule has 0 unspecified atom stereocenters. The molecule has 2 heterocycles. The number of hydrogen-bond donors (Lipinski definition) is 0. The summed E-state index contributed by atoms with van der Waals surface area (Å²) in [6, 6.07) is 12.1. The SMILES string of the molecule is COc1cccc(SCC(=O)N2CCN(Cc3cccs3)CC2)c1. The van der Waals surface area contributed by atoms with Gasteiger partial charge in [-0.15, -0.1) is 23.1 Å². The standard InChI is InChI=1S/C18H22N2O2S2/c1-22-15-4-2-5-16(12-15)24-14-18(21)20-9-7-19(8-10-20)13-17-6-3-11-23-17/h2-6,11-12H,7-10,13-14H2,1H3. The lowest BCUT2D eigenvalue weighted by Crippen LogP contribution is -2.48. The van der Waals surface area contributed by atoms with Crippen LogP contribution in [0.4, 0.5) is 0 Å². The maximum absolute atomic E-state index is 12.4. The molecule has 1 saturated heterocycles. The molecule has 1 aliphatic rings. The van der Waals surface area contributed by atoms with Crippen LogP contribution in [0.15, 0.2) is 46.7 Å². The Balaban J connectivity index is 1.43. The van der Waals surface area contributed by atoms with Crippen molar-refractivity contribution in [3.05, 3.63) is 46.7 Å². The van der Waals surface area contributed by atoms with Crippen molar-refractivity contribution in [1.82, 2.24) is 9.80 Å². The fourth-order valence-electron chi connectivity index (χ4n) is 2.71. The molecule has 0 saturated carbocycles. The summed E-state index contributed by atoms with van der Waals surface area (Å²) in [6.07, 6.45) is 0. The molecule has 0 atom stereocenters. The Kier molecular flexibility index (Phi) is 6.18. The van der Waals surface area contributed by atoms with Crippen LogP contribution < -0.4 is 4.74 Å². The second kappa shape index (κ2) is 8.55. The van der Waals surface area contributed by atoms with Crippen LogP contribution in [0.5, 0.6) is 5.75 Å². The first-order valence-corrected chi connectivity index (χ1v) is 9.90. The first-order valence-electron chi connectivity index (χ1n) is 8.04. The van der Waals surface area contributed by atoms with Gasteiger partial charge >= 0.3 is 0 Å². The molecule has 1 aliphatic heterocycles. The van der Waals surface area contributed by atoms with E-state index in [-0.39, 0.29) is 5.91 Å². The zero-order chi connectivity index (χ0) is 16.8. The van der Waals surface area contributed by atoms with Crippen molar-refractivity contribution in [2.45, 2.75) is 11.4 Å². The van der Waals surface area contributed by atoms with Gasteiger partial charge in [-0.2, -0.15) is 0 Å². The number of carbonyl (C=O) groups excluding carboxylic acids is 1. The van der Waals surface area contributed by atoms with Crippen molar-refractivity contribution in [3.63, 3.8) is 0 Å². The number of ether oxygens (including phenoxy) is 1. The van der Waals surface area contributed by atoms with E-state index in [1.807, 2.05) is 29.2 Å². The van der Waals surface area contributed by atoms with Gasteiger partial charge in [0, 0.05) is 42.5 Å².